The van der Waals surface area contributed by atoms with E-state index in [2.05, 4.69) is 15.5 Å². The maximum atomic E-state index is 12.3. The van der Waals surface area contributed by atoms with Gasteiger partial charge in [-0.1, -0.05) is 18.2 Å². The second-order valence-corrected chi connectivity index (χ2v) is 5.17. The number of amides is 2. The molecule has 0 unspecified atom stereocenters. The van der Waals surface area contributed by atoms with Gasteiger partial charge in [-0.3, -0.25) is 0 Å². The first-order valence-electron chi connectivity index (χ1n) is 7.35. The molecule has 1 aliphatic rings. The number of hydrogen-bond acceptors (Lipinski definition) is 4. The van der Waals surface area contributed by atoms with Crippen LogP contribution in [-0.2, 0) is 0 Å². The van der Waals surface area contributed by atoms with E-state index in [1.807, 2.05) is 35.2 Å². The Morgan fingerprint density at radius 1 is 1.27 bits per heavy atom. The van der Waals surface area contributed by atoms with Gasteiger partial charge in [-0.2, -0.15) is 10.2 Å². The van der Waals surface area contributed by atoms with E-state index in [1.165, 1.54) is 6.20 Å². The largest absolute Gasteiger partial charge is 0.491 e. The van der Waals surface area contributed by atoms with Crippen molar-refractivity contribution < 1.29 is 9.53 Å². The van der Waals surface area contributed by atoms with Gasteiger partial charge in [-0.25, -0.2) is 4.79 Å². The van der Waals surface area contributed by atoms with Gasteiger partial charge < -0.3 is 15.0 Å². The molecule has 1 N–H and O–H groups in total. The van der Waals surface area contributed by atoms with Crippen LogP contribution in [-0.4, -0.2) is 40.3 Å². The number of urea groups is 1. The second-order valence-electron chi connectivity index (χ2n) is 5.17. The van der Waals surface area contributed by atoms with E-state index < -0.39 is 0 Å². The topological polar surface area (TPSA) is 67.4 Å². The Hall–Kier alpha value is -2.63. The van der Waals surface area contributed by atoms with Gasteiger partial charge in [0.25, 0.3) is 0 Å². The van der Waals surface area contributed by atoms with Gasteiger partial charge in [0, 0.05) is 6.54 Å². The molecule has 0 aliphatic carbocycles. The van der Waals surface area contributed by atoms with Crippen molar-refractivity contribution in [3.8, 4) is 5.75 Å². The van der Waals surface area contributed by atoms with E-state index in [9.17, 15) is 4.79 Å². The van der Waals surface area contributed by atoms with Crippen molar-refractivity contribution in [3.63, 3.8) is 0 Å². The molecule has 0 spiro atoms. The molecule has 2 heterocycles. The summed E-state index contributed by atoms with van der Waals surface area (Å²) in [6.45, 7) is 1.25. The van der Waals surface area contributed by atoms with Crippen molar-refractivity contribution in [2.24, 2.45) is 0 Å². The summed E-state index contributed by atoms with van der Waals surface area (Å²) in [5, 5.41) is 10.3. The van der Waals surface area contributed by atoms with E-state index in [-0.39, 0.29) is 12.1 Å². The SMILES string of the molecule is O=C(Nc1ccnnc1)N1CCC[C@H]1COc1ccccc1. The minimum absolute atomic E-state index is 0.0926. The molecule has 2 amide bonds. The van der Waals surface area contributed by atoms with Crippen LogP contribution in [0.3, 0.4) is 0 Å². The first-order valence-corrected chi connectivity index (χ1v) is 7.35. The molecule has 6 heteroatoms. The number of aromatic nitrogens is 2. The van der Waals surface area contributed by atoms with Crippen molar-refractivity contribution in [2.75, 3.05) is 18.5 Å². The normalized spacial score (nSPS) is 17.3. The Morgan fingerprint density at radius 2 is 2.14 bits per heavy atom. The summed E-state index contributed by atoms with van der Waals surface area (Å²) in [5.41, 5.74) is 0.648. The Kier molecular flexibility index (Phi) is 4.48. The Labute approximate surface area is 129 Å². The lowest BCUT2D eigenvalue weighted by atomic mass is 10.2. The number of benzene rings is 1. The van der Waals surface area contributed by atoms with Crippen LogP contribution >= 0.6 is 0 Å². The summed E-state index contributed by atoms with van der Waals surface area (Å²) in [6.07, 6.45) is 5.03. The van der Waals surface area contributed by atoms with Crippen LogP contribution < -0.4 is 10.1 Å². The number of carbonyl (C=O) groups is 1. The molecule has 1 atom stereocenters. The lowest BCUT2D eigenvalue weighted by molar-refractivity contribution is 0.176. The fraction of sp³-hybridized carbons (Fsp3) is 0.312. The predicted molar refractivity (Wildman–Crippen MR) is 82.7 cm³/mol. The maximum absolute atomic E-state index is 12.3. The van der Waals surface area contributed by atoms with Gasteiger partial charge in [0.1, 0.15) is 12.4 Å². The van der Waals surface area contributed by atoms with Crippen molar-refractivity contribution in [1.82, 2.24) is 15.1 Å². The summed E-state index contributed by atoms with van der Waals surface area (Å²) >= 11 is 0. The van der Waals surface area contributed by atoms with Crippen LogP contribution in [0.25, 0.3) is 0 Å². The highest BCUT2D eigenvalue weighted by atomic mass is 16.5. The number of nitrogens with zero attached hydrogens (tertiary/aromatic N) is 3. The van der Waals surface area contributed by atoms with Crippen LogP contribution in [0.5, 0.6) is 5.75 Å². The van der Waals surface area contributed by atoms with Gasteiger partial charge in [-0.05, 0) is 31.0 Å². The minimum Gasteiger partial charge on any atom is -0.491 e. The zero-order valence-corrected chi connectivity index (χ0v) is 12.2. The number of nitrogens with one attached hydrogen (secondary N) is 1. The summed E-state index contributed by atoms with van der Waals surface area (Å²) < 4.78 is 5.78. The first kappa shape index (κ1) is 14.3. The number of rotatable bonds is 4. The molecule has 1 aromatic carbocycles. The summed E-state index contributed by atoms with van der Waals surface area (Å²) in [7, 11) is 0. The summed E-state index contributed by atoms with van der Waals surface area (Å²) in [6, 6.07) is 11.4. The van der Waals surface area contributed by atoms with Crippen LogP contribution in [0.15, 0.2) is 48.8 Å². The third-order valence-corrected chi connectivity index (χ3v) is 3.66. The number of carbonyl (C=O) groups excluding carboxylic acids is 1. The van der Waals surface area contributed by atoms with E-state index in [1.54, 1.807) is 12.3 Å². The van der Waals surface area contributed by atoms with Crippen molar-refractivity contribution in [2.45, 2.75) is 18.9 Å². The van der Waals surface area contributed by atoms with Gasteiger partial charge in [0.15, 0.2) is 0 Å². The van der Waals surface area contributed by atoms with Crippen LogP contribution in [0.2, 0.25) is 0 Å². The van der Waals surface area contributed by atoms with E-state index in [4.69, 9.17) is 4.74 Å². The van der Waals surface area contributed by atoms with E-state index >= 15 is 0 Å². The first-order chi connectivity index (χ1) is 10.8. The highest BCUT2D eigenvalue weighted by molar-refractivity contribution is 5.89. The molecule has 1 aliphatic heterocycles. The lowest BCUT2D eigenvalue weighted by Crippen LogP contribution is -2.41. The predicted octanol–water partition coefficient (Wildman–Crippen LogP) is 2.55. The van der Waals surface area contributed by atoms with Crippen LogP contribution in [0.4, 0.5) is 10.5 Å². The second kappa shape index (κ2) is 6.89. The maximum Gasteiger partial charge on any atom is 0.322 e. The monoisotopic (exact) mass is 298 g/mol. The van der Waals surface area contributed by atoms with Crippen LogP contribution in [0.1, 0.15) is 12.8 Å². The van der Waals surface area contributed by atoms with Gasteiger partial charge in [0.2, 0.25) is 0 Å². The van der Waals surface area contributed by atoms with Crippen LogP contribution in [0, 0.1) is 0 Å². The molecule has 0 saturated carbocycles. The lowest BCUT2D eigenvalue weighted by Gasteiger charge is -2.25. The molecule has 1 saturated heterocycles. The molecule has 114 valence electrons. The number of para-hydroxylation sites is 1. The van der Waals surface area contributed by atoms with Crippen molar-refractivity contribution in [3.05, 3.63) is 48.8 Å². The van der Waals surface area contributed by atoms with Gasteiger partial charge in [0.05, 0.1) is 24.1 Å². The fourth-order valence-corrected chi connectivity index (χ4v) is 2.55. The van der Waals surface area contributed by atoms with Crippen molar-refractivity contribution >= 4 is 11.7 Å². The molecule has 2 aromatic rings. The number of hydrogen-bond donors (Lipinski definition) is 1. The molecule has 1 fully saturated rings. The van der Waals surface area contributed by atoms with E-state index in [0.29, 0.717) is 12.3 Å². The molecule has 6 nitrogen and oxygen atoms in total. The zero-order chi connectivity index (χ0) is 15.2. The van der Waals surface area contributed by atoms with Gasteiger partial charge >= 0.3 is 6.03 Å². The standard InChI is InChI=1S/C16H18N4O2/c21-16(19-13-8-9-17-18-11-13)20-10-4-5-14(20)12-22-15-6-2-1-3-7-15/h1-3,6-9,11,14H,4-5,10,12H2,(H,17,19,21)/t14-/m0/s1. The fourth-order valence-electron chi connectivity index (χ4n) is 2.55. The Balaban J connectivity index is 1.57. The third-order valence-electron chi connectivity index (χ3n) is 3.66. The van der Waals surface area contributed by atoms with Gasteiger partial charge in [-0.15, -0.1) is 0 Å². The minimum atomic E-state index is -0.118. The quantitative estimate of drug-likeness (QED) is 0.942. The average molecular weight is 298 g/mol. The molecule has 1 aromatic heterocycles. The number of anilines is 1. The van der Waals surface area contributed by atoms with Crippen molar-refractivity contribution in [1.29, 1.82) is 0 Å². The smallest absolute Gasteiger partial charge is 0.322 e. The molecule has 22 heavy (non-hydrogen) atoms. The molecular weight excluding hydrogens is 280 g/mol. The molecular formula is C16H18N4O2. The number of likely N-dealkylation sites (tertiary alicyclic amines) is 1. The Bertz CT molecular complexity index is 606. The molecule has 3 rings (SSSR count). The van der Waals surface area contributed by atoms with E-state index in [0.717, 1.165) is 25.1 Å². The third kappa shape index (κ3) is 3.52. The Morgan fingerprint density at radius 3 is 2.91 bits per heavy atom. The molecule has 0 bridgehead atoms. The summed E-state index contributed by atoms with van der Waals surface area (Å²) in [5.74, 6) is 0.827. The highest BCUT2D eigenvalue weighted by Crippen LogP contribution is 2.20. The average Bonchev–Trinajstić information content (AvgIpc) is 3.03. The number of ether oxygens (including phenoxy) is 1. The molecule has 0 radical (unpaired) electrons. The highest BCUT2D eigenvalue weighted by Gasteiger charge is 2.29. The summed E-state index contributed by atoms with van der Waals surface area (Å²) in [4.78, 5) is 14.2. The zero-order valence-electron chi connectivity index (χ0n) is 12.2.